The van der Waals surface area contributed by atoms with Gasteiger partial charge in [-0.15, -0.1) is 0 Å². The lowest BCUT2D eigenvalue weighted by Crippen LogP contribution is -2.31. The molecule has 0 bridgehead atoms. The molecule has 21 heavy (non-hydrogen) atoms. The molecule has 0 heterocycles. The van der Waals surface area contributed by atoms with E-state index in [2.05, 4.69) is 0 Å². The molecule has 0 aliphatic carbocycles. The number of nitrogens with two attached hydrogens (primary N) is 1. The Morgan fingerprint density at radius 3 is 2.19 bits per heavy atom. The molecule has 2 N–H and O–H groups in total. The number of rotatable bonds is 3. The summed E-state index contributed by atoms with van der Waals surface area (Å²) in [4.78, 5) is 13.4. The van der Waals surface area contributed by atoms with Gasteiger partial charge >= 0.3 is 0 Å². The summed E-state index contributed by atoms with van der Waals surface area (Å²) in [5.74, 6) is -3.35. The zero-order chi connectivity index (χ0) is 15.6. The van der Waals surface area contributed by atoms with E-state index < -0.39 is 29.0 Å². The number of para-hydroxylation sites is 1. The minimum atomic E-state index is -1.03. The van der Waals surface area contributed by atoms with Crippen LogP contribution in [0.25, 0.3) is 0 Å². The summed E-state index contributed by atoms with van der Waals surface area (Å²) < 4.78 is 40.6. The standard InChI is InChI=1S/C15H13F3N2O/c1-2-20(13-6-4-3-5-10(13)16)15(21)9-7-11(17)14(19)12(18)8-9/h3-8H,2,19H2,1H3. The van der Waals surface area contributed by atoms with Crippen molar-refractivity contribution in [2.45, 2.75) is 6.92 Å². The molecule has 0 aliphatic rings. The van der Waals surface area contributed by atoms with E-state index in [0.29, 0.717) is 0 Å². The molecule has 0 aromatic heterocycles. The lowest BCUT2D eigenvalue weighted by atomic mass is 10.1. The van der Waals surface area contributed by atoms with E-state index in [9.17, 15) is 18.0 Å². The van der Waals surface area contributed by atoms with Gasteiger partial charge in [0.05, 0.1) is 5.69 Å². The second-order valence-electron chi connectivity index (χ2n) is 4.35. The number of nitrogen functional groups attached to an aromatic ring is 1. The van der Waals surface area contributed by atoms with E-state index in [0.717, 1.165) is 17.0 Å². The highest BCUT2D eigenvalue weighted by Crippen LogP contribution is 2.23. The monoisotopic (exact) mass is 294 g/mol. The Balaban J connectivity index is 2.44. The molecule has 2 aromatic carbocycles. The van der Waals surface area contributed by atoms with Crippen molar-refractivity contribution in [1.29, 1.82) is 0 Å². The highest BCUT2D eigenvalue weighted by Gasteiger charge is 2.21. The summed E-state index contributed by atoms with van der Waals surface area (Å²) in [5.41, 5.74) is 4.32. The quantitative estimate of drug-likeness (QED) is 0.882. The van der Waals surface area contributed by atoms with Crippen molar-refractivity contribution in [2.24, 2.45) is 0 Å². The van der Waals surface area contributed by atoms with Crippen LogP contribution in [0.1, 0.15) is 17.3 Å². The molecule has 6 heteroatoms. The van der Waals surface area contributed by atoms with Crippen molar-refractivity contribution < 1.29 is 18.0 Å². The van der Waals surface area contributed by atoms with E-state index in [1.54, 1.807) is 13.0 Å². The molecule has 0 aliphatic heterocycles. The number of hydrogen-bond acceptors (Lipinski definition) is 2. The van der Waals surface area contributed by atoms with Gasteiger partial charge in [-0.3, -0.25) is 4.79 Å². The predicted molar refractivity (Wildman–Crippen MR) is 74.5 cm³/mol. The van der Waals surface area contributed by atoms with Gasteiger partial charge < -0.3 is 10.6 Å². The third-order valence-corrected chi connectivity index (χ3v) is 3.03. The van der Waals surface area contributed by atoms with Crippen LogP contribution in [-0.4, -0.2) is 12.5 Å². The third kappa shape index (κ3) is 2.84. The first-order chi connectivity index (χ1) is 9.95. The molecule has 0 saturated carbocycles. The lowest BCUT2D eigenvalue weighted by Gasteiger charge is -2.21. The molecule has 0 saturated heterocycles. The number of carbonyl (C=O) groups is 1. The van der Waals surface area contributed by atoms with Crippen molar-refractivity contribution in [1.82, 2.24) is 0 Å². The number of halogens is 3. The molecular formula is C15H13F3N2O. The normalized spacial score (nSPS) is 10.5. The Hall–Kier alpha value is -2.50. The molecular weight excluding hydrogens is 281 g/mol. The predicted octanol–water partition coefficient (Wildman–Crippen LogP) is 3.35. The van der Waals surface area contributed by atoms with Gasteiger partial charge in [-0.25, -0.2) is 13.2 Å². The highest BCUT2D eigenvalue weighted by atomic mass is 19.1. The maximum Gasteiger partial charge on any atom is 0.258 e. The maximum absolute atomic E-state index is 13.8. The Morgan fingerprint density at radius 2 is 1.67 bits per heavy atom. The fourth-order valence-corrected chi connectivity index (χ4v) is 1.96. The fraction of sp³-hybridized carbons (Fsp3) is 0.133. The van der Waals surface area contributed by atoms with E-state index in [-0.39, 0.29) is 17.8 Å². The SMILES string of the molecule is CCN(C(=O)c1cc(F)c(N)c(F)c1)c1ccccc1F. The summed E-state index contributed by atoms with van der Waals surface area (Å²) in [6.07, 6.45) is 0. The summed E-state index contributed by atoms with van der Waals surface area (Å²) in [6.45, 7) is 1.78. The molecule has 0 atom stereocenters. The second-order valence-corrected chi connectivity index (χ2v) is 4.35. The van der Waals surface area contributed by atoms with Crippen LogP contribution >= 0.6 is 0 Å². The van der Waals surface area contributed by atoms with Crippen LogP contribution in [0.3, 0.4) is 0 Å². The zero-order valence-corrected chi connectivity index (χ0v) is 11.2. The molecule has 0 fully saturated rings. The first-order valence-corrected chi connectivity index (χ1v) is 6.26. The van der Waals surface area contributed by atoms with Crippen LogP contribution in [0.4, 0.5) is 24.5 Å². The van der Waals surface area contributed by atoms with Gasteiger partial charge in [0.15, 0.2) is 0 Å². The maximum atomic E-state index is 13.8. The van der Waals surface area contributed by atoms with Gasteiger partial charge in [-0.1, -0.05) is 12.1 Å². The van der Waals surface area contributed by atoms with Crippen LogP contribution in [0.5, 0.6) is 0 Å². The number of carbonyl (C=O) groups excluding carboxylic acids is 1. The Labute approximate surface area is 119 Å². The van der Waals surface area contributed by atoms with E-state index in [4.69, 9.17) is 5.73 Å². The van der Waals surface area contributed by atoms with Crippen molar-refractivity contribution in [3.05, 3.63) is 59.4 Å². The minimum absolute atomic E-state index is 0.0441. The Morgan fingerprint density at radius 1 is 1.10 bits per heavy atom. The van der Waals surface area contributed by atoms with Crippen LogP contribution in [0.15, 0.2) is 36.4 Å². The zero-order valence-electron chi connectivity index (χ0n) is 11.2. The minimum Gasteiger partial charge on any atom is -0.394 e. The number of amides is 1. The Kier molecular flexibility index (Phi) is 4.16. The van der Waals surface area contributed by atoms with Crippen molar-refractivity contribution in [2.75, 3.05) is 17.2 Å². The average Bonchev–Trinajstić information content (AvgIpc) is 2.46. The number of anilines is 2. The van der Waals surface area contributed by atoms with Gasteiger partial charge in [0.25, 0.3) is 5.91 Å². The summed E-state index contributed by atoms with van der Waals surface area (Å²) in [5, 5.41) is 0. The molecule has 0 radical (unpaired) electrons. The first kappa shape index (κ1) is 14.9. The van der Waals surface area contributed by atoms with Crippen molar-refractivity contribution in [3.63, 3.8) is 0 Å². The number of nitrogens with zero attached hydrogens (tertiary/aromatic N) is 1. The van der Waals surface area contributed by atoms with Gasteiger partial charge in [-0.2, -0.15) is 0 Å². The lowest BCUT2D eigenvalue weighted by molar-refractivity contribution is 0.0986. The molecule has 110 valence electrons. The molecule has 1 amide bonds. The van der Waals surface area contributed by atoms with Crippen LogP contribution < -0.4 is 10.6 Å². The van der Waals surface area contributed by atoms with Crippen LogP contribution in [0.2, 0.25) is 0 Å². The van der Waals surface area contributed by atoms with E-state index in [1.165, 1.54) is 18.2 Å². The van der Waals surface area contributed by atoms with Gasteiger partial charge in [0, 0.05) is 12.1 Å². The van der Waals surface area contributed by atoms with E-state index in [1.807, 2.05) is 0 Å². The Bertz CT molecular complexity index is 665. The van der Waals surface area contributed by atoms with Gasteiger partial charge in [-0.05, 0) is 31.2 Å². The smallest absolute Gasteiger partial charge is 0.258 e. The molecule has 0 unspecified atom stereocenters. The highest BCUT2D eigenvalue weighted by molar-refractivity contribution is 6.06. The summed E-state index contributed by atoms with van der Waals surface area (Å²) in [6, 6.07) is 7.35. The molecule has 0 spiro atoms. The van der Waals surface area contributed by atoms with Crippen LogP contribution in [-0.2, 0) is 0 Å². The van der Waals surface area contributed by atoms with Gasteiger partial charge in [0.1, 0.15) is 23.1 Å². The average molecular weight is 294 g/mol. The van der Waals surface area contributed by atoms with Gasteiger partial charge in [0.2, 0.25) is 0 Å². The molecule has 3 nitrogen and oxygen atoms in total. The number of hydrogen-bond donors (Lipinski definition) is 1. The summed E-state index contributed by atoms with van der Waals surface area (Å²) in [7, 11) is 0. The first-order valence-electron chi connectivity index (χ1n) is 6.26. The number of benzene rings is 2. The second kappa shape index (κ2) is 5.87. The third-order valence-electron chi connectivity index (χ3n) is 3.03. The molecule has 2 rings (SSSR count). The van der Waals surface area contributed by atoms with E-state index >= 15 is 0 Å². The largest absolute Gasteiger partial charge is 0.394 e. The van der Waals surface area contributed by atoms with Crippen LogP contribution in [0, 0.1) is 17.5 Å². The molecule has 2 aromatic rings. The summed E-state index contributed by atoms with van der Waals surface area (Å²) >= 11 is 0. The fourth-order valence-electron chi connectivity index (χ4n) is 1.96. The van der Waals surface area contributed by atoms with Crippen molar-refractivity contribution >= 4 is 17.3 Å². The van der Waals surface area contributed by atoms with Crippen molar-refractivity contribution in [3.8, 4) is 0 Å². The topological polar surface area (TPSA) is 46.3 Å².